The summed E-state index contributed by atoms with van der Waals surface area (Å²) in [7, 11) is 3.97. The fraction of sp³-hybridized carbons (Fsp3) is 0.412. The van der Waals surface area contributed by atoms with Gasteiger partial charge in [0.15, 0.2) is 0 Å². The summed E-state index contributed by atoms with van der Waals surface area (Å²) in [5, 5.41) is 7.39. The quantitative estimate of drug-likeness (QED) is 0.803. The van der Waals surface area contributed by atoms with Crippen molar-refractivity contribution in [1.29, 1.82) is 0 Å². The molecular weight excluding hydrogens is 310 g/mol. The van der Waals surface area contributed by atoms with E-state index in [1.807, 2.05) is 50.2 Å². The predicted octanol–water partition coefficient (Wildman–Crippen LogP) is 3.94. The van der Waals surface area contributed by atoms with Crippen LogP contribution in [0.1, 0.15) is 24.5 Å². The maximum Gasteiger partial charge on any atom is 0.226 e. The number of rotatable bonds is 7. The third-order valence-corrected chi connectivity index (χ3v) is 3.85. The molecule has 0 aliphatic rings. The highest BCUT2D eigenvalue weighted by Gasteiger charge is 2.12. The molecule has 1 aromatic heterocycles. The summed E-state index contributed by atoms with van der Waals surface area (Å²) in [5.41, 5.74) is 2.06. The van der Waals surface area contributed by atoms with Gasteiger partial charge in [0.05, 0.1) is 0 Å². The predicted molar refractivity (Wildman–Crippen MR) is 98.7 cm³/mol. The van der Waals surface area contributed by atoms with Crippen molar-refractivity contribution in [2.24, 2.45) is 0 Å². The Morgan fingerprint density at radius 1 is 1.13 bits per heavy atom. The molecule has 23 heavy (non-hydrogen) atoms. The van der Waals surface area contributed by atoms with Crippen LogP contribution in [-0.2, 0) is 6.54 Å². The summed E-state index contributed by atoms with van der Waals surface area (Å²) in [5.74, 6) is 2.37. The van der Waals surface area contributed by atoms with Crippen LogP contribution in [0.25, 0.3) is 0 Å². The van der Waals surface area contributed by atoms with Crippen molar-refractivity contribution in [2.75, 3.05) is 36.2 Å². The first-order valence-corrected chi connectivity index (χ1v) is 8.17. The molecule has 0 amide bonds. The summed E-state index contributed by atoms with van der Waals surface area (Å²) >= 11 is 6.22. The SMILES string of the molecule is CCCNc1nc(NCc2ccccc2Cl)c(C)c(N(C)C)n1. The van der Waals surface area contributed by atoms with E-state index in [0.29, 0.717) is 12.5 Å². The lowest BCUT2D eigenvalue weighted by atomic mass is 10.2. The monoisotopic (exact) mass is 333 g/mol. The van der Waals surface area contributed by atoms with Gasteiger partial charge in [-0.15, -0.1) is 0 Å². The second-order valence-corrected chi connectivity index (χ2v) is 6.02. The van der Waals surface area contributed by atoms with Crippen molar-refractivity contribution in [2.45, 2.75) is 26.8 Å². The molecule has 124 valence electrons. The van der Waals surface area contributed by atoms with E-state index in [2.05, 4.69) is 27.5 Å². The molecule has 0 saturated carbocycles. The molecule has 6 heteroatoms. The number of hydrogen-bond acceptors (Lipinski definition) is 5. The van der Waals surface area contributed by atoms with Crippen LogP contribution in [0, 0.1) is 6.92 Å². The van der Waals surface area contributed by atoms with Crippen molar-refractivity contribution in [3.63, 3.8) is 0 Å². The minimum Gasteiger partial charge on any atom is -0.365 e. The van der Waals surface area contributed by atoms with Crippen LogP contribution in [0.15, 0.2) is 24.3 Å². The molecule has 0 saturated heterocycles. The topological polar surface area (TPSA) is 53.1 Å². The smallest absolute Gasteiger partial charge is 0.226 e. The van der Waals surface area contributed by atoms with Crippen molar-refractivity contribution in [3.8, 4) is 0 Å². The third-order valence-electron chi connectivity index (χ3n) is 3.48. The van der Waals surface area contributed by atoms with E-state index in [1.54, 1.807) is 0 Å². The maximum atomic E-state index is 6.22. The first-order chi connectivity index (χ1) is 11.0. The normalized spacial score (nSPS) is 10.5. The van der Waals surface area contributed by atoms with Crippen molar-refractivity contribution in [1.82, 2.24) is 9.97 Å². The first-order valence-electron chi connectivity index (χ1n) is 7.80. The lowest BCUT2D eigenvalue weighted by Crippen LogP contribution is -2.17. The number of anilines is 3. The van der Waals surface area contributed by atoms with Crippen LogP contribution in [0.4, 0.5) is 17.6 Å². The number of nitrogens with zero attached hydrogens (tertiary/aromatic N) is 3. The molecule has 0 atom stereocenters. The molecule has 2 rings (SSSR count). The highest BCUT2D eigenvalue weighted by molar-refractivity contribution is 6.31. The third kappa shape index (κ3) is 4.48. The highest BCUT2D eigenvalue weighted by Crippen LogP contribution is 2.25. The van der Waals surface area contributed by atoms with Gasteiger partial charge in [-0.05, 0) is 25.0 Å². The fourth-order valence-corrected chi connectivity index (χ4v) is 2.45. The number of nitrogens with one attached hydrogen (secondary N) is 2. The summed E-state index contributed by atoms with van der Waals surface area (Å²) in [6, 6.07) is 7.81. The van der Waals surface area contributed by atoms with Gasteiger partial charge in [-0.1, -0.05) is 36.7 Å². The highest BCUT2D eigenvalue weighted by atomic mass is 35.5. The van der Waals surface area contributed by atoms with Gasteiger partial charge in [0.25, 0.3) is 0 Å². The molecule has 0 aliphatic heterocycles. The number of hydrogen-bond donors (Lipinski definition) is 2. The van der Waals surface area contributed by atoms with E-state index >= 15 is 0 Å². The molecule has 0 spiro atoms. The average Bonchev–Trinajstić information content (AvgIpc) is 2.53. The van der Waals surface area contributed by atoms with Crippen molar-refractivity contribution < 1.29 is 0 Å². The van der Waals surface area contributed by atoms with Gasteiger partial charge in [-0.25, -0.2) is 0 Å². The Morgan fingerprint density at radius 2 is 1.87 bits per heavy atom. The zero-order valence-electron chi connectivity index (χ0n) is 14.2. The van der Waals surface area contributed by atoms with Crippen LogP contribution < -0.4 is 15.5 Å². The van der Waals surface area contributed by atoms with Gasteiger partial charge in [0.2, 0.25) is 5.95 Å². The molecule has 1 aromatic carbocycles. The zero-order valence-corrected chi connectivity index (χ0v) is 14.9. The summed E-state index contributed by atoms with van der Waals surface area (Å²) < 4.78 is 0. The molecule has 1 heterocycles. The Morgan fingerprint density at radius 3 is 2.52 bits per heavy atom. The van der Waals surface area contributed by atoms with Crippen LogP contribution in [0.2, 0.25) is 5.02 Å². The molecule has 0 bridgehead atoms. The van der Waals surface area contributed by atoms with Gasteiger partial charge in [0, 0.05) is 37.8 Å². The van der Waals surface area contributed by atoms with Gasteiger partial charge in [0.1, 0.15) is 11.6 Å². The van der Waals surface area contributed by atoms with E-state index in [-0.39, 0.29) is 0 Å². The lowest BCUT2D eigenvalue weighted by molar-refractivity contribution is 0.936. The second kappa shape index (κ2) is 8.02. The van der Waals surface area contributed by atoms with E-state index in [4.69, 9.17) is 11.6 Å². The molecule has 0 unspecified atom stereocenters. The van der Waals surface area contributed by atoms with Crippen LogP contribution in [-0.4, -0.2) is 30.6 Å². The van der Waals surface area contributed by atoms with E-state index in [9.17, 15) is 0 Å². The zero-order chi connectivity index (χ0) is 16.8. The Labute approximate surface area is 143 Å². The Kier molecular flexibility index (Phi) is 6.04. The van der Waals surface area contributed by atoms with E-state index in [1.165, 1.54) is 0 Å². The first kappa shape index (κ1) is 17.3. The minimum absolute atomic E-state index is 0.623. The summed E-state index contributed by atoms with van der Waals surface area (Å²) in [6.45, 7) is 5.61. The van der Waals surface area contributed by atoms with Gasteiger partial charge in [-0.3, -0.25) is 0 Å². The lowest BCUT2D eigenvalue weighted by Gasteiger charge is -2.19. The Hall–Kier alpha value is -2.01. The summed E-state index contributed by atoms with van der Waals surface area (Å²) in [6.07, 6.45) is 1.02. The minimum atomic E-state index is 0.623. The molecule has 0 fully saturated rings. The largest absolute Gasteiger partial charge is 0.365 e. The molecule has 2 N–H and O–H groups in total. The van der Waals surface area contributed by atoms with Crippen molar-refractivity contribution >= 4 is 29.2 Å². The standard InChI is InChI=1S/C17H24ClN5/c1-5-10-19-17-21-15(12(2)16(22-17)23(3)4)20-11-13-8-6-7-9-14(13)18/h6-9H,5,10-11H2,1-4H3,(H2,19,20,21,22). The second-order valence-electron chi connectivity index (χ2n) is 5.61. The van der Waals surface area contributed by atoms with E-state index in [0.717, 1.165) is 40.8 Å². The number of benzene rings is 1. The number of aromatic nitrogens is 2. The molecular formula is C17H24ClN5. The Bertz CT molecular complexity index is 657. The average molecular weight is 334 g/mol. The van der Waals surface area contributed by atoms with Crippen LogP contribution >= 0.6 is 11.6 Å². The molecule has 0 aliphatic carbocycles. The van der Waals surface area contributed by atoms with Gasteiger partial charge >= 0.3 is 0 Å². The van der Waals surface area contributed by atoms with Crippen LogP contribution in [0.3, 0.4) is 0 Å². The van der Waals surface area contributed by atoms with Gasteiger partial charge < -0.3 is 15.5 Å². The maximum absolute atomic E-state index is 6.22. The van der Waals surface area contributed by atoms with Crippen molar-refractivity contribution in [3.05, 3.63) is 40.4 Å². The molecule has 2 aromatic rings. The number of halogens is 1. The van der Waals surface area contributed by atoms with Gasteiger partial charge in [-0.2, -0.15) is 9.97 Å². The Balaban J connectivity index is 2.25. The van der Waals surface area contributed by atoms with E-state index < -0.39 is 0 Å². The fourth-order valence-electron chi connectivity index (χ4n) is 2.25. The molecule has 0 radical (unpaired) electrons. The molecule has 5 nitrogen and oxygen atoms in total. The summed E-state index contributed by atoms with van der Waals surface area (Å²) in [4.78, 5) is 11.2. The van der Waals surface area contributed by atoms with Crippen LogP contribution in [0.5, 0.6) is 0 Å².